The zero-order valence-corrected chi connectivity index (χ0v) is 13.8. The zero-order valence-electron chi connectivity index (χ0n) is 13.8. The van der Waals surface area contributed by atoms with E-state index in [0.717, 1.165) is 11.1 Å². The maximum atomic E-state index is 14.0. The first-order chi connectivity index (χ1) is 12.1. The van der Waals surface area contributed by atoms with E-state index in [4.69, 9.17) is 0 Å². The fourth-order valence-electron chi connectivity index (χ4n) is 3.89. The van der Waals surface area contributed by atoms with Gasteiger partial charge >= 0.3 is 0 Å². The van der Waals surface area contributed by atoms with Crippen molar-refractivity contribution in [3.05, 3.63) is 71.0 Å². The van der Waals surface area contributed by atoms with Crippen LogP contribution in [0.25, 0.3) is 0 Å². The predicted octanol–water partition coefficient (Wildman–Crippen LogP) is 2.52. The summed E-state index contributed by atoms with van der Waals surface area (Å²) in [5.74, 6) is -0.345. The summed E-state index contributed by atoms with van der Waals surface area (Å²) < 4.78 is 14.0. The Hall–Kier alpha value is -2.69. The second-order valence-electron chi connectivity index (χ2n) is 6.76. The monoisotopic (exact) mass is 338 g/mol. The average Bonchev–Trinajstić information content (AvgIpc) is 3.08. The highest BCUT2D eigenvalue weighted by atomic mass is 19.1. The topological polar surface area (TPSA) is 49.4 Å². The third-order valence-corrected chi connectivity index (χ3v) is 5.32. The standard InChI is InChI=1S/C20H19FN2O2/c21-17-8-4-5-14-11-23(12-16(14)17)19(25)20(10-9-18(24)22-13-20)15-6-2-1-3-7-15/h1-8H,9-13H2,(H,22,24). The Balaban J connectivity index is 1.68. The van der Waals surface area contributed by atoms with Crippen LogP contribution in [-0.4, -0.2) is 23.3 Å². The molecule has 128 valence electrons. The van der Waals surface area contributed by atoms with Crippen LogP contribution in [0.5, 0.6) is 0 Å². The SMILES string of the molecule is O=C1CCC(C(=O)N2Cc3cccc(F)c3C2)(c2ccccc2)CN1. The molecule has 1 N–H and O–H groups in total. The second kappa shape index (κ2) is 5.99. The molecule has 2 amide bonds. The lowest BCUT2D eigenvalue weighted by Gasteiger charge is -2.39. The molecule has 2 aliphatic rings. The minimum Gasteiger partial charge on any atom is -0.355 e. The molecular formula is C20H19FN2O2. The van der Waals surface area contributed by atoms with Crippen molar-refractivity contribution in [2.45, 2.75) is 31.3 Å². The van der Waals surface area contributed by atoms with Gasteiger partial charge in [0.05, 0.1) is 5.41 Å². The van der Waals surface area contributed by atoms with Crippen LogP contribution in [0.4, 0.5) is 4.39 Å². The van der Waals surface area contributed by atoms with Crippen molar-refractivity contribution in [1.29, 1.82) is 0 Å². The summed E-state index contributed by atoms with van der Waals surface area (Å²) in [5, 5.41) is 2.85. The molecule has 2 heterocycles. The number of piperidine rings is 1. The quantitative estimate of drug-likeness (QED) is 0.915. The van der Waals surface area contributed by atoms with Gasteiger partial charge < -0.3 is 10.2 Å². The number of hydrogen-bond acceptors (Lipinski definition) is 2. The van der Waals surface area contributed by atoms with Gasteiger partial charge in [0.15, 0.2) is 0 Å². The molecule has 2 aliphatic heterocycles. The van der Waals surface area contributed by atoms with Gasteiger partial charge in [-0.3, -0.25) is 9.59 Å². The third-order valence-electron chi connectivity index (χ3n) is 5.32. The summed E-state index contributed by atoms with van der Waals surface area (Å²) in [6.45, 7) is 0.974. The van der Waals surface area contributed by atoms with Gasteiger partial charge in [-0.1, -0.05) is 42.5 Å². The maximum absolute atomic E-state index is 14.0. The van der Waals surface area contributed by atoms with E-state index in [9.17, 15) is 14.0 Å². The largest absolute Gasteiger partial charge is 0.355 e. The number of rotatable bonds is 2. The van der Waals surface area contributed by atoms with Crippen LogP contribution in [-0.2, 0) is 28.1 Å². The minimum absolute atomic E-state index is 0.0323. The molecule has 4 rings (SSSR count). The van der Waals surface area contributed by atoms with E-state index in [-0.39, 0.29) is 30.7 Å². The fourth-order valence-corrected chi connectivity index (χ4v) is 3.89. The molecule has 1 fully saturated rings. The molecule has 0 aromatic heterocycles. The number of nitrogens with one attached hydrogen (secondary N) is 1. The second-order valence-corrected chi connectivity index (χ2v) is 6.76. The molecule has 0 saturated carbocycles. The van der Waals surface area contributed by atoms with Crippen molar-refractivity contribution in [2.24, 2.45) is 0 Å². The minimum atomic E-state index is -0.784. The molecule has 0 aliphatic carbocycles. The van der Waals surface area contributed by atoms with Crippen LogP contribution < -0.4 is 5.32 Å². The Kier molecular flexibility index (Phi) is 3.79. The Morgan fingerprint density at radius 3 is 2.56 bits per heavy atom. The van der Waals surface area contributed by atoms with Crippen LogP contribution in [0.2, 0.25) is 0 Å². The van der Waals surface area contributed by atoms with Gasteiger partial charge in [0, 0.05) is 31.6 Å². The molecule has 4 nitrogen and oxygen atoms in total. The van der Waals surface area contributed by atoms with Gasteiger partial charge in [0.1, 0.15) is 5.82 Å². The number of fused-ring (bicyclic) bond motifs is 1. The van der Waals surface area contributed by atoms with Crippen molar-refractivity contribution < 1.29 is 14.0 Å². The summed E-state index contributed by atoms with van der Waals surface area (Å²) in [7, 11) is 0. The predicted molar refractivity (Wildman–Crippen MR) is 91.0 cm³/mol. The molecule has 5 heteroatoms. The molecular weight excluding hydrogens is 319 g/mol. The van der Waals surface area contributed by atoms with Gasteiger partial charge in [0.25, 0.3) is 0 Å². The Morgan fingerprint density at radius 2 is 1.88 bits per heavy atom. The molecule has 0 spiro atoms. The Bertz CT molecular complexity index is 825. The molecule has 25 heavy (non-hydrogen) atoms. The zero-order chi connectivity index (χ0) is 17.4. The summed E-state index contributed by atoms with van der Waals surface area (Å²) in [6.07, 6.45) is 0.785. The van der Waals surface area contributed by atoms with Gasteiger partial charge in [-0.05, 0) is 23.6 Å². The van der Waals surface area contributed by atoms with Gasteiger partial charge in [-0.25, -0.2) is 4.39 Å². The number of halogens is 1. The van der Waals surface area contributed by atoms with E-state index in [2.05, 4.69) is 5.32 Å². The van der Waals surface area contributed by atoms with E-state index in [0.29, 0.717) is 24.9 Å². The number of carbonyl (C=O) groups excluding carboxylic acids is 2. The number of carbonyl (C=O) groups is 2. The molecule has 0 bridgehead atoms. The van der Waals surface area contributed by atoms with Gasteiger partial charge in [0.2, 0.25) is 11.8 Å². The highest BCUT2D eigenvalue weighted by Crippen LogP contribution is 2.36. The van der Waals surface area contributed by atoms with E-state index >= 15 is 0 Å². The molecule has 1 unspecified atom stereocenters. The van der Waals surface area contributed by atoms with Crippen molar-refractivity contribution in [3.63, 3.8) is 0 Å². The van der Waals surface area contributed by atoms with Crippen molar-refractivity contribution >= 4 is 11.8 Å². The van der Waals surface area contributed by atoms with E-state index in [1.54, 1.807) is 11.0 Å². The number of amides is 2. The van der Waals surface area contributed by atoms with Crippen LogP contribution in [0.3, 0.4) is 0 Å². The van der Waals surface area contributed by atoms with Gasteiger partial charge in [-0.15, -0.1) is 0 Å². The van der Waals surface area contributed by atoms with Crippen molar-refractivity contribution in [1.82, 2.24) is 10.2 Å². The number of hydrogen-bond donors (Lipinski definition) is 1. The molecule has 1 saturated heterocycles. The molecule has 0 radical (unpaired) electrons. The van der Waals surface area contributed by atoms with E-state index in [1.807, 2.05) is 36.4 Å². The lowest BCUT2D eigenvalue weighted by Crippen LogP contribution is -2.55. The molecule has 2 aromatic carbocycles. The Morgan fingerprint density at radius 1 is 1.08 bits per heavy atom. The number of benzene rings is 2. The fraction of sp³-hybridized carbons (Fsp3) is 0.300. The average molecular weight is 338 g/mol. The van der Waals surface area contributed by atoms with Crippen molar-refractivity contribution in [2.75, 3.05) is 6.54 Å². The van der Waals surface area contributed by atoms with Crippen LogP contribution >= 0.6 is 0 Å². The van der Waals surface area contributed by atoms with E-state index in [1.165, 1.54) is 6.07 Å². The Labute approximate surface area is 145 Å². The van der Waals surface area contributed by atoms with Crippen LogP contribution in [0.1, 0.15) is 29.5 Å². The summed E-state index contributed by atoms with van der Waals surface area (Å²) in [5.41, 5.74) is 1.57. The smallest absolute Gasteiger partial charge is 0.235 e. The lowest BCUT2D eigenvalue weighted by atomic mass is 9.73. The van der Waals surface area contributed by atoms with Crippen LogP contribution in [0.15, 0.2) is 48.5 Å². The first kappa shape index (κ1) is 15.8. The normalized spacial score (nSPS) is 22.4. The highest BCUT2D eigenvalue weighted by Gasteiger charge is 2.46. The maximum Gasteiger partial charge on any atom is 0.235 e. The van der Waals surface area contributed by atoms with Crippen molar-refractivity contribution in [3.8, 4) is 0 Å². The van der Waals surface area contributed by atoms with E-state index < -0.39 is 5.41 Å². The third kappa shape index (κ3) is 2.60. The number of nitrogens with zero attached hydrogens (tertiary/aromatic N) is 1. The first-order valence-electron chi connectivity index (χ1n) is 8.48. The van der Waals surface area contributed by atoms with Crippen LogP contribution in [0, 0.1) is 5.82 Å². The summed E-state index contributed by atoms with van der Waals surface area (Å²) >= 11 is 0. The molecule has 1 atom stereocenters. The van der Waals surface area contributed by atoms with Gasteiger partial charge in [-0.2, -0.15) is 0 Å². The highest BCUT2D eigenvalue weighted by molar-refractivity contribution is 5.92. The summed E-state index contributed by atoms with van der Waals surface area (Å²) in [6, 6.07) is 14.5. The lowest BCUT2D eigenvalue weighted by molar-refractivity contribution is -0.140. The first-order valence-corrected chi connectivity index (χ1v) is 8.48. The summed E-state index contributed by atoms with van der Waals surface area (Å²) in [4.78, 5) is 26.8. The molecule has 2 aromatic rings.